The summed E-state index contributed by atoms with van der Waals surface area (Å²) in [5, 5.41) is 21.5. The van der Waals surface area contributed by atoms with E-state index in [0.717, 1.165) is 12.8 Å². The van der Waals surface area contributed by atoms with Crippen LogP contribution < -0.4 is 5.32 Å². The number of carboxylic acid groups (broad SMARTS) is 1. The zero-order valence-electron chi connectivity index (χ0n) is 10.9. The van der Waals surface area contributed by atoms with Crippen LogP contribution in [0.15, 0.2) is 18.3 Å². The molecule has 2 rings (SSSR count). The number of aliphatic carboxylic acids is 1. The van der Waals surface area contributed by atoms with E-state index in [1.165, 1.54) is 6.20 Å². The van der Waals surface area contributed by atoms with E-state index in [-0.39, 0.29) is 5.69 Å². The average Bonchev–Trinajstić information content (AvgIpc) is 2.38. The van der Waals surface area contributed by atoms with Gasteiger partial charge in [0.15, 0.2) is 0 Å². The molecule has 2 N–H and O–H groups in total. The fraction of sp³-hybridized carbons (Fsp3) is 0.500. The van der Waals surface area contributed by atoms with Gasteiger partial charge in [-0.15, -0.1) is 0 Å². The zero-order valence-corrected chi connectivity index (χ0v) is 10.9. The summed E-state index contributed by atoms with van der Waals surface area (Å²) in [5.41, 5.74) is 0.00334. The first kappa shape index (κ1) is 13.3. The van der Waals surface area contributed by atoms with Crippen molar-refractivity contribution < 1.29 is 9.90 Å². The number of nitrogens with zero attached hydrogens (tertiary/aromatic N) is 2. The lowest BCUT2D eigenvalue weighted by Gasteiger charge is -2.37. The average molecular weight is 259 g/mol. The SMILES string of the molecule is CC1CCCC(Nc2ccnc(C#N)c2)(C(=O)O)C1. The van der Waals surface area contributed by atoms with E-state index in [1.54, 1.807) is 12.1 Å². The van der Waals surface area contributed by atoms with Gasteiger partial charge < -0.3 is 10.4 Å². The van der Waals surface area contributed by atoms with Gasteiger partial charge in [-0.1, -0.05) is 19.8 Å². The van der Waals surface area contributed by atoms with Gasteiger partial charge >= 0.3 is 5.97 Å². The summed E-state index contributed by atoms with van der Waals surface area (Å²) in [6.07, 6.45) is 4.69. The Labute approximate surface area is 112 Å². The third-order valence-corrected chi connectivity index (χ3v) is 3.66. The molecule has 1 heterocycles. The van der Waals surface area contributed by atoms with Crippen molar-refractivity contribution in [3.63, 3.8) is 0 Å². The van der Waals surface area contributed by atoms with Crippen LogP contribution in [-0.4, -0.2) is 21.6 Å². The van der Waals surface area contributed by atoms with Crippen molar-refractivity contribution in [2.75, 3.05) is 5.32 Å². The third kappa shape index (κ3) is 2.84. The van der Waals surface area contributed by atoms with E-state index in [2.05, 4.69) is 17.2 Å². The van der Waals surface area contributed by atoms with E-state index in [4.69, 9.17) is 5.26 Å². The number of carboxylic acids is 1. The maximum Gasteiger partial charge on any atom is 0.329 e. The number of aromatic nitrogens is 1. The van der Waals surface area contributed by atoms with Crippen LogP contribution in [0.2, 0.25) is 0 Å². The highest BCUT2D eigenvalue weighted by Crippen LogP contribution is 2.35. The summed E-state index contributed by atoms with van der Waals surface area (Å²) in [6, 6.07) is 5.24. The standard InChI is InChI=1S/C14H17N3O2/c1-10-3-2-5-14(8-10,13(18)19)17-11-4-6-16-12(7-11)9-15/h4,6-7,10H,2-3,5,8H2,1H3,(H,16,17)(H,18,19). The predicted molar refractivity (Wildman–Crippen MR) is 70.6 cm³/mol. The van der Waals surface area contributed by atoms with Crippen LogP contribution in [0.1, 0.15) is 38.3 Å². The lowest BCUT2D eigenvalue weighted by Crippen LogP contribution is -2.49. The molecule has 19 heavy (non-hydrogen) atoms. The van der Waals surface area contributed by atoms with Crippen LogP contribution in [-0.2, 0) is 4.79 Å². The molecular formula is C14H17N3O2. The minimum atomic E-state index is -0.925. The fourth-order valence-electron chi connectivity index (χ4n) is 2.76. The van der Waals surface area contributed by atoms with Crippen molar-refractivity contribution >= 4 is 11.7 Å². The molecule has 2 atom stereocenters. The van der Waals surface area contributed by atoms with Gasteiger partial charge in [-0.25, -0.2) is 9.78 Å². The Kier molecular flexibility index (Phi) is 3.70. The molecule has 1 fully saturated rings. The van der Waals surface area contributed by atoms with Gasteiger partial charge in [-0.3, -0.25) is 0 Å². The zero-order chi connectivity index (χ0) is 13.9. The van der Waals surface area contributed by atoms with Gasteiger partial charge in [0, 0.05) is 11.9 Å². The number of nitriles is 1. The van der Waals surface area contributed by atoms with Crippen LogP contribution in [0.3, 0.4) is 0 Å². The second kappa shape index (κ2) is 5.27. The maximum atomic E-state index is 11.6. The molecule has 0 amide bonds. The van der Waals surface area contributed by atoms with Gasteiger partial charge in [0.05, 0.1) is 0 Å². The van der Waals surface area contributed by atoms with Crippen molar-refractivity contribution in [1.82, 2.24) is 4.98 Å². The topological polar surface area (TPSA) is 86.0 Å². The number of pyridine rings is 1. The first-order chi connectivity index (χ1) is 9.05. The van der Waals surface area contributed by atoms with Crippen molar-refractivity contribution in [3.8, 4) is 6.07 Å². The maximum absolute atomic E-state index is 11.6. The van der Waals surface area contributed by atoms with Gasteiger partial charge in [0.1, 0.15) is 17.3 Å². The van der Waals surface area contributed by atoms with Gasteiger partial charge in [-0.05, 0) is 30.9 Å². The highest BCUT2D eigenvalue weighted by molar-refractivity contribution is 5.83. The Hall–Kier alpha value is -2.09. The molecule has 1 aromatic rings. The number of hydrogen-bond donors (Lipinski definition) is 2. The first-order valence-electron chi connectivity index (χ1n) is 6.43. The molecule has 2 unspecified atom stereocenters. The van der Waals surface area contributed by atoms with E-state index >= 15 is 0 Å². The molecule has 100 valence electrons. The predicted octanol–water partition coefficient (Wildman–Crippen LogP) is 2.40. The largest absolute Gasteiger partial charge is 0.480 e. The van der Waals surface area contributed by atoms with Crippen molar-refractivity contribution in [2.24, 2.45) is 5.92 Å². The number of rotatable bonds is 3. The van der Waals surface area contributed by atoms with E-state index in [0.29, 0.717) is 24.4 Å². The molecule has 0 aromatic carbocycles. The summed E-state index contributed by atoms with van der Waals surface area (Å²) in [6.45, 7) is 2.08. The van der Waals surface area contributed by atoms with Crippen LogP contribution >= 0.6 is 0 Å². The number of anilines is 1. The number of hydrogen-bond acceptors (Lipinski definition) is 4. The van der Waals surface area contributed by atoms with Gasteiger partial charge in [0.25, 0.3) is 0 Å². The number of carbonyl (C=O) groups is 1. The lowest BCUT2D eigenvalue weighted by molar-refractivity contribution is -0.144. The fourth-order valence-corrected chi connectivity index (χ4v) is 2.76. The van der Waals surface area contributed by atoms with Crippen molar-refractivity contribution in [2.45, 2.75) is 38.1 Å². The van der Waals surface area contributed by atoms with Gasteiger partial charge in [0.2, 0.25) is 0 Å². The van der Waals surface area contributed by atoms with Crippen molar-refractivity contribution in [1.29, 1.82) is 5.26 Å². The Bertz CT molecular complexity index is 524. The normalized spacial score (nSPS) is 26.4. The van der Waals surface area contributed by atoms with Gasteiger partial charge in [-0.2, -0.15) is 5.26 Å². The minimum Gasteiger partial charge on any atom is -0.480 e. The van der Waals surface area contributed by atoms with E-state index in [1.807, 2.05) is 6.07 Å². The number of nitrogens with one attached hydrogen (secondary N) is 1. The van der Waals surface area contributed by atoms with Crippen LogP contribution in [0, 0.1) is 17.2 Å². The molecule has 0 radical (unpaired) electrons. The van der Waals surface area contributed by atoms with Crippen molar-refractivity contribution in [3.05, 3.63) is 24.0 Å². The molecule has 0 spiro atoms. The lowest BCUT2D eigenvalue weighted by atomic mass is 9.76. The molecule has 1 aromatic heterocycles. The molecule has 1 aliphatic rings. The van der Waals surface area contributed by atoms with Crippen LogP contribution in [0.5, 0.6) is 0 Å². The highest BCUT2D eigenvalue weighted by Gasteiger charge is 2.41. The molecule has 0 aliphatic heterocycles. The molecule has 0 bridgehead atoms. The molecular weight excluding hydrogens is 242 g/mol. The minimum absolute atomic E-state index is 0.286. The molecule has 1 aliphatic carbocycles. The summed E-state index contributed by atoms with van der Waals surface area (Å²) in [7, 11) is 0. The quantitative estimate of drug-likeness (QED) is 0.870. The highest BCUT2D eigenvalue weighted by atomic mass is 16.4. The molecule has 5 nitrogen and oxygen atoms in total. The molecule has 1 saturated carbocycles. The Morgan fingerprint density at radius 1 is 1.68 bits per heavy atom. The molecule has 0 saturated heterocycles. The van der Waals surface area contributed by atoms with E-state index in [9.17, 15) is 9.90 Å². The Morgan fingerprint density at radius 3 is 3.11 bits per heavy atom. The summed E-state index contributed by atoms with van der Waals surface area (Å²) in [5.74, 6) is -0.441. The van der Waals surface area contributed by atoms with E-state index < -0.39 is 11.5 Å². The smallest absolute Gasteiger partial charge is 0.329 e. The monoisotopic (exact) mass is 259 g/mol. The van der Waals surface area contributed by atoms with Crippen LogP contribution in [0.4, 0.5) is 5.69 Å². The van der Waals surface area contributed by atoms with Crippen LogP contribution in [0.25, 0.3) is 0 Å². The Balaban J connectivity index is 2.26. The second-order valence-corrected chi connectivity index (χ2v) is 5.26. The summed E-state index contributed by atoms with van der Waals surface area (Å²) < 4.78 is 0. The first-order valence-corrected chi connectivity index (χ1v) is 6.43. The summed E-state index contributed by atoms with van der Waals surface area (Å²) in [4.78, 5) is 15.5. The summed E-state index contributed by atoms with van der Waals surface area (Å²) >= 11 is 0. The Morgan fingerprint density at radius 2 is 2.47 bits per heavy atom. The third-order valence-electron chi connectivity index (χ3n) is 3.66. The molecule has 5 heteroatoms. The second-order valence-electron chi connectivity index (χ2n) is 5.26.